The van der Waals surface area contributed by atoms with Crippen molar-refractivity contribution in [3.63, 3.8) is 0 Å². The van der Waals surface area contributed by atoms with Gasteiger partial charge in [0.15, 0.2) is 0 Å². The summed E-state index contributed by atoms with van der Waals surface area (Å²) in [6, 6.07) is 61.5. The van der Waals surface area contributed by atoms with E-state index in [4.69, 9.17) is 13.8 Å². The van der Waals surface area contributed by atoms with Gasteiger partial charge in [0.2, 0.25) is 0 Å². The van der Waals surface area contributed by atoms with Gasteiger partial charge in [-0.15, -0.1) is 0 Å². The molecule has 2 unspecified atom stereocenters. The molecule has 11 rings (SSSR count). The molecule has 54 heavy (non-hydrogen) atoms. The van der Waals surface area contributed by atoms with Gasteiger partial charge in [0.1, 0.15) is 40.5 Å². The number of rotatable bonds is 5. The zero-order valence-electron chi connectivity index (χ0n) is 29.2. The first-order valence-corrected chi connectivity index (χ1v) is 18.3. The van der Waals surface area contributed by atoms with Crippen molar-refractivity contribution >= 4 is 60.5 Å². The number of nitrogens with one attached hydrogen (secondary N) is 2. The molecule has 256 valence electrons. The fraction of sp³-hybridized carbons (Fsp3) is 0.0408. The summed E-state index contributed by atoms with van der Waals surface area (Å²) < 4.78 is 13.1. The van der Waals surface area contributed by atoms with E-state index in [0.717, 1.165) is 77.4 Å². The maximum Gasteiger partial charge on any atom is 0.143 e. The summed E-state index contributed by atoms with van der Waals surface area (Å²) in [5, 5.41) is 14.2. The number of furan rings is 2. The Kier molecular flexibility index (Phi) is 7.00. The standard InChI is InChI=1S/C49H33N3O2/c1-4-13-30(14-5-1)35-21-12-22-43-45(35)38-25-23-34(28-44(38)53-43)49-51-47(32-17-8-3-9-18-32)50-48(52-49)33-24-26-42-40(27-33)41-29-39(31-15-6-2-7-16-31)36-19-10-11-20-37(36)46(41)54-42/h1-29,48-49,52H,(H,50,51). The number of amidine groups is 1. The average molecular weight is 696 g/mol. The average Bonchev–Trinajstić information content (AvgIpc) is 3.82. The van der Waals surface area contributed by atoms with Crippen LogP contribution in [0.3, 0.4) is 0 Å². The van der Waals surface area contributed by atoms with Crippen LogP contribution in [0.15, 0.2) is 190 Å². The summed E-state index contributed by atoms with van der Waals surface area (Å²) in [6.45, 7) is 0. The van der Waals surface area contributed by atoms with E-state index >= 15 is 0 Å². The highest BCUT2D eigenvalue weighted by Gasteiger charge is 2.27. The Hall–Kier alpha value is -6.95. The molecule has 0 amide bonds. The van der Waals surface area contributed by atoms with E-state index in [1.807, 2.05) is 12.1 Å². The zero-order chi connectivity index (χ0) is 35.6. The third-order valence-electron chi connectivity index (χ3n) is 10.8. The molecular weight excluding hydrogens is 663 g/mol. The lowest BCUT2D eigenvalue weighted by molar-refractivity contribution is 0.409. The van der Waals surface area contributed by atoms with Gasteiger partial charge in [-0.3, -0.25) is 5.32 Å². The quantitative estimate of drug-likeness (QED) is 0.188. The molecule has 0 saturated carbocycles. The van der Waals surface area contributed by atoms with Gasteiger partial charge in [-0.25, -0.2) is 4.99 Å². The van der Waals surface area contributed by atoms with Gasteiger partial charge in [0.25, 0.3) is 0 Å². The van der Waals surface area contributed by atoms with Crippen molar-refractivity contribution in [1.82, 2.24) is 10.6 Å². The normalized spacial score (nSPS) is 16.0. The molecule has 0 bridgehead atoms. The van der Waals surface area contributed by atoms with Gasteiger partial charge in [-0.1, -0.05) is 146 Å². The molecule has 5 nitrogen and oxygen atoms in total. The predicted octanol–water partition coefficient (Wildman–Crippen LogP) is 12.3. The van der Waals surface area contributed by atoms with Gasteiger partial charge in [-0.05, 0) is 69.1 Å². The summed E-state index contributed by atoms with van der Waals surface area (Å²) in [7, 11) is 0. The van der Waals surface area contributed by atoms with Crippen molar-refractivity contribution in [2.24, 2.45) is 4.99 Å². The third-order valence-corrected chi connectivity index (χ3v) is 10.8. The monoisotopic (exact) mass is 695 g/mol. The van der Waals surface area contributed by atoms with Crippen LogP contribution in [-0.4, -0.2) is 5.84 Å². The van der Waals surface area contributed by atoms with Gasteiger partial charge in [-0.2, -0.15) is 0 Å². The topological polar surface area (TPSA) is 62.7 Å². The van der Waals surface area contributed by atoms with E-state index in [9.17, 15) is 0 Å². The Labute approximate surface area is 311 Å². The minimum absolute atomic E-state index is 0.237. The smallest absolute Gasteiger partial charge is 0.143 e. The zero-order valence-corrected chi connectivity index (χ0v) is 29.2. The van der Waals surface area contributed by atoms with Crippen molar-refractivity contribution < 1.29 is 8.83 Å². The number of hydrogen-bond donors (Lipinski definition) is 2. The summed E-state index contributed by atoms with van der Waals surface area (Å²) in [6.07, 6.45) is -0.565. The summed E-state index contributed by atoms with van der Waals surface area (Å²) in [4.78, 5) is 5.27. The first kappa shape index (κ1) is 30.7. The maximum absolute atomic E-state index is 6.60. The molecule has 10 aromatic rings. The second-order valence-electron chi connectivity index (χ2n) is 14.0. The van der Waals surface area contributed by atoms with E-state index in [1.54, 1.807) is 0 Å². The molecule has 0 fully saturated rings. The van der Waals surface area contributed by atoms with E-state index < -0.39 is 0 Å². The van der Waals surface area contributed by atoms with Crippen LogP contribution in [0.5, 0.6) is 0 Å². The molecule has 2 atom stereocenters. The number of fused-ring (bicyclic) bond motifs is 8. The van der Waals surface area contributed by atoms with Crippen LogP contribution < -0.4 is 10.6 Å². The van der Waals surface area contributed by atoms with Crippen molar-refractivity contribution in [3.05, 3.63) is 193 Å². The van der Waals surface area contributed by atoms with Crippen LogP contribution in [0, 0.1) is 0 Å². The number of nitrogens with zero attached hydrogens (tertiary/aromatic N) is 1. The van der Waals surface area contributed by atoms with E-state index in [-0.39, 0.29) is 12.3 Å². The number of hydrogen-bond acceptors (Lipinski definition) is 5. The molecule has 0 radical (unpaired) electrons. The van der Waals surface area contributed by atoms with Crippen molar-refractivity contribution in [1.29, 1.82) is 0 Å². The highest BCUT2D eigenvalue weighted by Crippen LogP contribution is 2.41. The largest absolute Gasteiger partial charge is 0.456 e. The SMILES string of the molecule is c1ccc(C2=NC(c3ccc4oc5c6ccccc6c(-c6ccccc6)cc5c4c3)NC(c3ccc4c(c3)oc3cccc(-c5ccccc5)c34)N2)cc1. The Morgan fingerprint density at radius 1 is 0.426 bits per heavy atom. The van der Waals surface area contributed by atoms with Crippen LogP contribution in [0.2, 0.25) is 0 Å². The van der Waals surface area contributed by atoms with E-state index in [2.05, 4.69) is 174 Å². The van der Waals surface area contributed by atoms with Crippen molar-refractivity contribution in [3.8, 4) is 22.3 Å². The molecule has 0 saturated heterocycles. The van der Waals surface area contributed by atoms with Crippen LogP contribution in [-0.2, 0) is 0 Å². The lowest BCUT2D eigenvalue weighted by atomic mass is 9.95. The van der Waals surface area contributed by atoms with E-state index in [1.165, 1.54) is 22.1 Å². The Morgan fingerprint density at radius 2 is 1.11 bits per heavy atom. The fourth-order valence-corrected chi connectivity index (χ4v) is 8.17. The molecule has 3 heterocycles. The molecule has 1 aliphatic heterocycles. The molecule has 0 aliphatic carbocycles. The number of aliphatic imine (C=N–C) groups is 1. The summed E-state index contributed by atoms with van der Waals surface area (Å²) in [5.74, 6) is 0.829. The maximum atomic E-state index is 6.60. The lowest BCUT2D eigenvalue weighted by Crippen LogP contribution is -2.44. The summed E-state index contributed by atoms with van der Waals surface area (Å²) >= 11 is 0. The minimum atomic E-state index is -0.328. The fourth-order valence-electron chi connectivity index (χ4n) is 8.17. The first-order valence-electron chi connectivity index (χ1n) is 18.3. The van der Waals surface area contributed by atoms with Crippen LogP contribution in [0.4, 0.5) is 0 Å². The molecular formula is C49H33N3O2. The van der Waals surface area contributed by atoms with Gasteiger partial charge >= 0.3 is 0 Å². The highest BCUT2D eigenvalue weighted by atomic mass is 16.3. The molecule has 0 spiro atoms. The predicted molar refractivity (Wildman–Crippen MR) is 221 cm³/mol. The third kappa shape index (κ3) is 5.01. The Bertz CT molecular complexity index is 3050. The number of benzene rings is 8. The molecule has 8 aromatic carbocycles. The summed E-state index contributed by atoms with van der Waals surface area (Å²) in [5.41, 5.74) is 11.3. The van der Waals surface area contributed by atoms with Crippen LogP contribution in [0.25, 0.3) is 76.9 Å². The lowest BCUT2D eigenvalue weighted by Gasteiger charge is -2.32. The van der Waals surface area contributed by atoms with Crippen LogP contribution in [0.1, 0.15) is 29.0 Å². The van der Waals surface area contributed by atoms with E-state index in [0.29, 0.717) is 0 Å². The minimum Gasteiger partial charge on any atom is -0.456 e. The van der Waals surface area contributed by atoms with Gasteiger partial charge in [0.05, 0.1) is 0 Å². The second kappa shape index (κ2) is 12.3. The van der Waals surface area contributed by atoms with Gasteiger partial charge in [0, 0.05) is 32.5 Å². The molecule has 5 heteroatoms. The molecule has 2 aromatic heterocycles. The van der Waals surface area contributed by atoms with Gasteiger partial charge < -0.3 is 14.2 Å². The first-order chi connectivity index (χ1) is 26.7. The Balaban J connectivity index is 1.03. The highest BCUT2D eigenvalue weighted by molar-refractivity contribution is 6.19. The van der Waals surface area contributed by atoms with Crippen LogP contribution >= 0.6 is 0 Å². The van der Waals surface area contributed by atoms with Crippen molar-refractivity contribution in [2.45, 2.75) is 12.3 Å². The molecule has 2 N–H and O–H groups in total. The molecule has 1 aliphatic rings. The second-order valence-corrected chi connectivity index (χ2v) is 14.0. The van der Waals surface area contributed by atoms with Crippen molar-refractivity contribution in [2.75, 3.05) is 0 Å². The Morgan fingerprint density at radius 3 is 1.89 bits per heavy atom.